The van der Waals surface area contributed by atoms with E-state index in [-0.39, 0.29) is 24.8 Å². The van der Waals surface area contributed by atoms with E-state index in [1.54, 1.807) is 43.5 Å². The third-order valence-electron chi connectivity index (χ3n) is 5.81. The molecule has 0 aliphatic rings. The number of ketones is 1. The number of Topliss-reactive ketones (excluding diaryl/α,β-unsaturated/α-hetero) is 1. The number of hydrogen-bond donors (Lipinski definition) is 3. The Balaban J connectivity index is 1.81. The second-order valence-corrected chi connectivity index (χ2v) is 8.70. The first-order valence-corrected chi connectivity index (χ1v) is 11.4. The molecule has 3 N–H and O–H groups in total. The fourth-order valence-corrected chi connectivity index (χ4v) is 4.44. The Bertz CT molecular complexity index is 1390. The normalized spacial score (nSPS) is 11.9. The van der Waals surface area contributed by atoms with Gasteiger partial charge in [0.05, 0.1) is 13.7 Å². The molecule has 3 aromatic carbocycles. The number of aliphatic hydroxyl groups is 1. The summed E-state index contributed by atoms with van der Waals surface area (Å²) in [5.41, 5.74) is 4.04. The lowest BCUT2D eigenvalue weighted by Gasteiger charge is -2.22. The van der Waals surface area contributed by atoms with E-state index < -0.39 is 6.04 Å². The Morgan fingerprint density at radius 1 is 1.11 bits per heavy atom. The second-order valence-electron chi connectivity index (χ2n) is 8.26. The topological polar surface area (TPSA) is 83.6 Å². The summed E-state index contributed by atoms with van der Waals surface area (Å²) in [6, 6.07) is 12.2. The standard InChI is InChI=1S/C27H26ClFN2O4/c1-15-9-18(29)4-5-22(15)26(31-19-11-20(34-3)13-21(12-19)35-7-6-32)27(33)24-14-30-25-16(2)8-17(28)10-23(24)25/h4-5,8-14,26,30-32H,6-7H2,1-3H3. The van der Waals surface area contributed by atoms with Gasteiger partial charge in [-0.25, -0.2) is 4.39 Å². The molecule has 1 heterocycles. The summed E-state index contributed by atoms with van der Waals surface area (Å²) in [6.45, 7) is 3.65. The maximum atomic E-state index is 14.0. The van der Waals surface area contributed by atoms with Gasteiger partial charge in [-0.3, -0.25) is 4.79 Å². The fourth-order valence-electron chi connectivity index (χ4n) is 4.16. The molecule has 0 amide bonds. The quantitative estimate of drug-likeness (QED) is 0.248. The number of halogens is 2. The Kier molecular flexibility index (Phi) is 7.28. The highest BCUT2D eigenvalue weighted by atomic mass is 35.5. The molecule has 1 atom stereocenters. The zero-order valence-electron chi connectivity index (χ0n) is 19.6. The van der Waals surface area contributed by atoms with Crippen molar-refractivity contribution in [3.05, 3.63) is 87.8 Å². The van der Waals surface area contributed by atoms with Crippen molar-refractivity contribution in [2.24, 2.45) is 0 Å². The Labute approximate surface area is 207 Å². The third kappa shape index (κ3) is 5.26. The van der Waals surface area contributed by atoms with E-state index in [0.717, 1.165) is 11.1 Å². The van der Waals surface area contributed by atoms with Crippen LogP contribution in [0.5, 0.6) is 11.5 Å². The van der Waals surface area contributed by atoms with Crippen molar-refractivity contribution in [3.8, 4) is 11.5 Å². The zero-order valence-corrected chi connectivity index (χ0v) is 20.4. The summed E-state index contributed by atoms with van der Waals surface area (Å²) >= 11 is 6.29. The fraction of sp³-hybridized carbons (Fsp3) is 0.222. The third-order valence-corrected chi connectivity index (χ3v) is 6.03. The number of aryl methyl sites for hydroxylation is 2. The smallest absolute Gasteiger partial charge is 0.191 e. The van der Waals surface area contributed by atoms with Crippen LogP contribution in [0.1, 0.15) is 33.1 Å². The van der Waals surface area contributed by atoms with Crippen molar-refractivity contribution in [2.45, 2.75) is 19.9 Å². The maximum absolute atomic E-state index is 14.0. The van der Waals surface area contributed by atoms with Crippen LogP contribution in [0.2, 0.25) is 5.02 Å². The number of carbonyl (C=O) groups is 1. The van der Waals surface area contributed by atoms with Crippen molar-refractivity contribution in [1.29, 1.82) is 0 Å². The van der Waals surface area contributed by atoms with E-state index in [0.29, 0.717) is 44.3 Å². The zero-order chi connectivity index (χ0) is 25.1. The van der Waals surface area contributed by atoms with Gasteiger partial charge >= 0.3 is 0 Å². The summed E-state index contributed by atoms with van der Waals surface area (Å²) < 4.78 is 24.8. The van der Waals surface area contributed by atoms with Gasteiger partial charge in [0.25, 0.3) is 0 Å². The van der Waals surface area contributed by atoms with Crippen molar-refractivity contribution >= 4 is 34.0 Å². The molecule has 8 heteroatoms. The molecule has 0 saturated carbocycles. The van der Waals surface area contributed by atoms with Crippen molar-refractivity contribution in [2.75, 3.05) is 25.6 Å². The Morgan fingerprint density at radius 3 is 2.60 bits per heavy atom. The van der Waals surface area contributed by atoms with Gasteiger partial charge in [-0.15, -0.1) is 0 Å². The summed E-state index contributed by atoms with van der Waals surface area (Å²) in [7, 11) is 1.53. The van der Waals surface area contributed by atoms with E-state index >= 15 is 0 Å². The number of H-pyrrole nitrogens is 1. The number of ether oxygens (including phenoxy) is 2. The minimum absolute atomic E-state index is 0.113. The van der Waals surface area contributed by atoms with Crippen LogP contribution < -0.4 is 14.8 Å². The predicted molar refractivity (Wildman–Crippen MR) is 135 cm³/mol. The number of methoxy groups -OCH3 is 1. The number of nitrogens with one attached hydrogen (secondary N) is 2. The molecule has 0 saturated heterocycles. The lowest BCUT2D eigenvalue weighted by Crippen LogP contribution is -2.22. The molecule has 0 bridgehead atoms. The van der Waals surface area contributed by atoms with Gasteiger partial charge in [-0.2, -0.15) is 0 Å². The second kappa shape index (κ2) is 10.4. The molecule has 4 rings (SSSR count). The average molecular weight is 497 g/mol. The first-order chi connectivity index (χ1) is 16.8. The van der Waals surface area contributed by atoms with Gasteiger partial charge in [0.2, 0.25) is 0 Å². The number of benzene rings is 3. The number of hydrogen-bond acceptors (Lipinski definition) is 5. The number of aliphatic hydroxyl groups excluding tert-OH is 1. The highest BCUT2D eigenvalue weighted by Gasteiger charge is 2.27. The van der Waals surface area contributed by atoms with Crippen molar-refractivity contribution in [1.82, 2.24) is 4.98 Å². The van der Waals surface area contributed by atoms with Gasteiger partial charge in [0.1, 0.15) is 30.0 Å². The largest absolute Gasteiger partial charge is 0.497 e. The first-order valence-electron chi connectivity index (χ1n) is 11.1. The highest BCUT2D eigenvalue weighted by Crippen LogP contribution is 2.34. The lowest BCUT2D eigenvalue weighted by atomic mass is 9.93. The van der Waals surface area contributed by atoms with Gasteiger partial charge in [-0.1, -0.05) is 17.7 Å². The summed E-state index contributed by atoms with van der Waals surface area (Å²) in [6.07, 6.45) is 1.67. The molecule has 4 aromatic rings. The Hall–Kier alpha value is -3.55. The van der Waals surface area contributed by atoms with Crippen molar-refractivity contribution < 1.29 is 23.8 Å². The minimum Gasteiger partial charge on any atom is -0.497 e. The van der Waals surface area contributed by atoms with Crippen LogP contribution in [0.3, 0.4) is 0 Å². The van der Waals surface area contributed by atoms with Crippen LogP contribution >= 0.6 is 11.6 Å². The van der Waals surface area contributed by atoms with Gasteiger partial charge in [-0.05, 0) is 54.8 Å². The molecule has 0 spiro atoms. The molecule has 0 radical (unpaired) electrons. The van der Waals surface area contributed by atoms with Crippen LogP contribution in [-0.2, 0) is 0 Å². The van der Waals surface area contributed by atoms with Crippen LogP contribution in [-0.4, -0.2) is 36.2 Å². The first kappa shape index (κ1) is 24.6. The molecular weight excluding hydrogens is 471 g/mol. The van der Waals surface area contributed by atoms with E-state index in [1.807, 2.05) is 13.0 Å². The molecule has 1 aromatic heterocycles. The molecule has 1 unspecified atom stereocenters. The van der Waals surface area contributed by atoms with E-state index in [1.165, 1.54) is 19.2 Å². The highest BCUT2D eigenvalue weighted by molar-refractivity contribution is 6.31. The Morgan fingerprint density at radius 2 is 1.89 bits per heavy atom. The number of aromatic amines is 1. The SMILES string of the molecule is COc1cc(NC(C(=O)c2c[nH]c3c(C)cc(Cl)cc23)c2ccc(F)cc2C)cc(OCCO)c1. The summed E-state index contributed by atoms with van der Waals surface area (Å²) in [5, 5.41) is 13.6. The molecule has 6 nitrogen and oxygen atoms in total. The molecular formula is C27H26ClFN2O4. The van der Waals surface area contributed by atoms with Crippen LogP contribution in [0.15, 0.2) is 54.7 Å². The number of rotatable bonds is 9. The van der Waals surface area contributed by atoms with Gasteiger partial charge in [0, 0.05) is 51.6 Å². The predicted octanol–water partition coefficient (Wildman–Crippen LogP) is 5.99. The summed E-state index contributed by atoms with van der Waals surface area (Å²) in [4.78, 5) is 17.2. The molecule has 182 valence electrons. The lowest BCUT2D eigenvalue weighted by molar-refractivity contribution is 0.0971. The van der Waals surface area contributed by atoms with Crippen LogP contribution in [0, 0.1) is 19.7 Å². The molecule has 0 aliphatic carbocycles. The van der Waals surface area contributed by atoms with E-state index in [2.05, 4.69) is 10.3 Å². The number of anilines is 1. The van der Waals surface area contributed by atoms with Gasteiger partial charge < -0.3 is 24.9 Å². The van der Waals surface area contributed by atoms with Crippen molar-refractivity contribution in [3.63, 3.8) is 0 Å². The summed E-state index contributed by atoms with van der Waals surface area (Å²) in [5.74, 6) is 0.387. The number of carbonyl (C=O) groups excluding carboxylic acids is 1. The molecule has 35 heavy (non-hydrogen) atoms. The van der Waals surface area contributed by atoms with Crippen LogP contribution in [0.25, 0.3) is 10.9 Å². The van der Waals surface area contributed by atoms with Crippen LogP contribution in [0.4, 0.5) is 10.1 Å². The molecule has 0 aliphatic heterocycles. The maximum Gasteiger partial charge on any atom is 0.191 e. The van der Waals surface area contributed by atoms with E-state index in [9.17, 15) is 9.18 Å². The van der Waals surface area contributed by atoms with Gasteiger partial charge in [0.15, 0.2) is 5.78 Å². The number of fused-ring (bicyclic) bond motifs is 1. The number of aromatic nitrogens is 1. The average Bonchev–Trinajstić information content (AvgIpc) is 3.25. The minimum atomic E-state index is -0.841. The van der Waals surface area contributed by atoms with E-state index in [4.69, 9.17) is 26.2 Å². The molecule has 0 fully saturated rings. The monoisotopic (exact) mass is 496 g/mol.